The first kappa shape index (κ1) is 55.3. The second-order valence-corrected chi connectivity index (χ2v) is 18.2. The Balaban J connectivity index is 0.000000148. The van der Waals surface area contributed by atoms with Gasteiger partial charge in [0, 0.05) is 112 Å². The van der Waals surface area contributed by atoms with Gasteiger partial charge in [-0.1, -0.05) is 52.3 Å². The van der Waals surface area contributed by atoms with E-state index in [4.69, 9.17) is 52.8 Å². The molecule has 76 heavy (non-hydrogen) atoms. The van der Waals surface area contributed by atoms with E-state index in [1.165, 1.54) is 43.8 Å². The van der Waals surface area contributed by atoms with E-state index in [9.17, 15) is 14.4 Å². The Bertz CT molecular complexity index is 3200. The van der Waals surface area contributed by atoms with Gasteiger partial charge in [-0.25, -0.2) is 34.9 Å². The summed E-state index contributed by atoms with van der Waals surface area (Å²) in [7, 11) is 1.68. The van der Waals surface area contributed by atoms with Crippen LogP contribution in [0.15, 0.2) is 153 Å². The molecule has 386 valence electrons. The van der Waals surface area contributed by atoms with Crippen molar-refractivity contribution in [1.29, 1.82) is 0 Å². The Labute approximate surface area is 458 Å². The van der Waals surface area contributed by atoms with Crippen molar-refractivity contribution in [2.24, 2.45) is 5.92 Å². The zero-order valence-electron chi connectivity index (χ0n) is 40.7. The normalized spacial score (nSPS) is 11.9. The fourth-order valence-corrected chi connectivity index (χ4v) is 7.10. The first-order chi connectivity index (χ1) is 37.0. The summed E-state index contributed by atoms with van der Waals surface area (Å²) in [6.45, 7) is 1.26. The SMILES string of the molecule is C#CCNc1nccnc1C(=O)Nc1ccc(Cl)cc1.CNc1nccnc1C(=O)Nc1ccc(Cl)cc1.Clc1ccc(N(CC2CC2)c2cnccn2)cc1.O=C(Nc1ccc(Cl)cc1)c1nccnc1NC1CC1. The van der Waals surface area contributed by atoms with E-state index in [1.54, 1.807) is 105 Å². The van der Waals surface area contributed by atoms with Crippen LogP contribution in [0.3, 0.4) is 0 Å². The lowest BCUT2D eigenvalue weighted by Gasteiger charge is -2.23. The number of aromatic nitrogens is 8. The van der Waals surface area contributed by atoms with E-state index in [2.05, 4.69) is 82.6 Å². The minimum absolute atomic E-state index is 0.178. The smallest absolute Gasteiger partial charge is 0.278 e. The van der Waals surface area contributed by atoms with Crippen LogP contribution in [0.2, 0.25) is 20.1 Å². The van der Waals surface area contributed by atoms with Gasteiger partial charge in [0.15, 0.2) is 40.4 Å². The highest BCUT2D eigenvalue weighted by molar-refractivity contribution is 6.31. The van der Waals surface area contributed by atoms with E-state index in [1.807, 2.05) is 24.3 Å². The van der Waals surface area contributed by atoms with Gasteiger partial charge in [-0.2, -0.15) is 0 Å². The summed E-state index contributed by atoms with van der Waals surface area (Å²) >= 11 is 23.3. The number of nitrogens with one attached hydrogen (secondary N) is 6. The number of carbonyl (C=O) groups is 3. The van der Waals surface area contributed by atoms with Crippen LogP contribution in [0.1, 0.15) is 57.1 Å². The molecule has 0 aliphatic heterocycles. The minimum Gasteiger partial charge on any atom is -0.371 e. The number of rotatable bonds is 15. The van der Waals surface area contributed by atoms with Crippen LogP contribution in [0.5, 0.6) is 0 Å². The van der Waals surface area contributed by atoms with Crippen molar-refractivity contribution in [2.45, 2.75) is 31.7 Å². The van der Waals surface area contributed by atoms with Crippen molar-refractivity contribution in [1.82, 2.24) is 39.9 Å². The minimum atomic E-state index is -0.375. The Morgan fingerprint density at radius 2 is 0.947 bits per heavy atom. The van der Waals surface area contributed by atoms with Gasteiger partial charge in [0.2, 0.25) is 0 Å². The predicted molar refractivity (Wildman–Crippen MR) is 301 cm³/mol. The van der Waals surface area contributed by atoms with Gasteiger partial charge in [-0.15, -0.1) is 6.42 Å². The summed E-state index contributed by atoms with van der Waals surface area (Å²) in [5.74, 6) is 4.41. The molecule has 2 aliphatic carbocycles. The van der Waals surface area contributed by atoms with Crippen molar-refractivity contribution >= 4 is 110 Å². The molecule has 0 atom stereocenters. The molecule has 4 aromatic heterocycles. The zero-order valence-corrected chi connectivity index (χ0v) is 43.7. The summed E-state index contributed by atoms with van der Waals surface area (Å²) in [6, 6.07) is 28.8. The maximum Gasteiger partial charge on any atom is 0.278 e. The molecule has 4 heterocycles. The number of terminal acetylenes is 1. The topological polar surface area (TPSA) is 230 Å². The maximum absolute atomic E-state index is 12.2. The average molecular weight is 1100 g/mol. The largest absolute Gasteiger partial charge is 0.371 e. The monoisotopic (exact) mass is 1100 g/mol. The molecule has 10 rings (SSSR count). The molecule has 0 saturated heterocycles. The molecule has 2 saturated carbocycles. The highest BCUT2D eigenvalue weighted by Gasteiger charge is 2.26. The van der Waals surface area contributed by atoms with Crippen LogP contribution in [0, 0.1) is 18.3 Å². The van der Waals surface area contributed by atoms with Crippen molar-refractivity contribution in [2.75, 3.05) is 56.9 Å². The Kier molecular flexibility index (Phi) is 20.6. The fourth-order valence-electron chi connectivity index (χ4n) is 6.60. The maximum atomic E-state index is 12.2. The number of benzene rings is 4. The molecule has 0 radical (unpaired) electrons. The van der Waals surface area contributed by atoms with E-state index >= 15 is 0 Å². The number of hydrogen-bond donors (Lipinski definition) is 6. The second kappa shape index (κ2) is 28.3. The van der Waals surface area contributed by atoms with Gasteiger partial charge in [0.1, 0.15) is 0 Å². The first-order valence-electron chi connectivity index (χ1n) is 23.5. The number of nitrogens with zero attached hydrogens (tertiary/aromatic N) is 9. The third-order valence-electron chi connectivity index (χ3n) is 10.7. The first-order valence-corrected chi connectivity index (χ1v) is 25.0. The summed E-state index contributed by atoms with van der Waals surface area (Å²) < 4.78 is 0. The van der Waals surface area contributed by atoms with E-state index in [0.29, 0.717) is 61.3 Å². The molecule has 18 nitrogen and oxygen atoms in total. The van der Waals surface area contributed by atoms with Gasteiger partial charge in [-0.05, 0) is 129 Å². The number of hydrogen-bond acceptors (Lipinski definition) is 15. The van der Waals surface area contributed by atoms with Gasteiger partial charge < -0.3 is 36.8 Å². The molecule has 8 aromatic rings. The highest BCUT2D eigenvalue weighted by Crippen LogP contribution is 2.35. The lowest BCUT2D eigenvalue weighted by molar-refractivity contribution is 0.101. The van der Waals surface area contributed by atoms with Crippen LogP contribution in [0.25, 0.3) is 0 Å². The highest BCUT2D eigenvalue weighted by atomic mass is 35.5. The number of halogens is 4. The fraction of sp³-hybridized carbons (Fsp3) is 0.167. The Hall–Kier alpha value is -8.47. The van der Waals surface area contributed by atoms with Gasteiger partial charge in [0.25, 0.3) is 17.7 Å². The van der Waals surface area contributed by atoms with Crippen molar-refractivity contribution in [3.63, 3.8) is 0 Å². The lowest BCUT2D eigenvalue weighted by atomic mass is 10.2. The Morgan fingerprint density at radius 1 is 0.539 bits per heavy atom. The molecule has 0 spiro atoms. The number of amides is 3. The van der Waals surface area contributed by atoms with E-state index < -0.39 is 0 Å². The van der Waals surface area contributed by atoms with Crippen LogP contribution in [-0.2, 0) is 0 Å². The average Bonchev–Trinajstić information content (AvgIpc) is 4.41. The third kappa shape index (κ3) is 17.6. The molecular formula is C54H49Cl4N15O3. The van der Waals surface area contributed by atoms with E-state index in [-0.39, 0.29) is 35.7 Å². The van der Waals surface area contributed by atoms with Crippen molar-refractivity contribution in [3.05, 3.63) is 190 Å². The summed E-state index contributed by atoms with van der Waals surface area (Å²) in [4.78, 5) is 71.5. The van der Waals surface area contributed by atoms with Crippen molar-refractivity contribution in [3.8, 4) is 12.3 Å². The number of carbonyl (C=O) groups excluding carboxylic acids is 3. The van der Waals surface area contributed by atoms with Gasteiger partial charge >= 0.3 is 0 Å². The molecule has 2 fully saturated rings. The van der Waals surface area contributed by atoms with Crippen LogP contribution >= 0.6 is 46.4 Å². The van der Waals surface area contributed by atoms with Crippen LogP contribution in [-0.4, -0.2) is 83.8 Å². The molecule has 6 N–H and O–H groups in total. The molecule has 22 heteroatoms. The van der Waals surface area contributed by atoms with Crippen LogP contribution < -0.4 is 36.8 Å². The van der Waals surface area contributed by atoms with Crippen molar-refractivity contribution < 1.29 is 14.4 Å². The Morgan fingerprint density at radius 3 is 1.37 bits per heavy atom. The van der Waals surface area contributed by atoms with Crippen LogP contribution in [0.4, 0.5) is 46.0 Å². The molecule has 4 aromatic carbocycles. The molecule has 2 aliphatic rings. The summed E-state index contributed by atoms with van der Waals surface area (Å²) in [5.41, 5.74) is 3.78. The molecular weight excluding hydrogens is 1050 g/mol. The zero-order chi connectivity index (χ0) is 53.7. The summed E-state index contributed by atoms with van der Waals surface area (Å²) in [6.07, 6.45) is 24.2. The molecule has 0 unspecified atom stereocenters. The summed E-state index contributed by atoms with van der Waals surface area (Å²) in [5, 5.41) is 19.7. The number of anilines is 8. The standard InChI is InChI=1S/C14H13ClN4O.C14H11ClN4O.C14H14ClN3.C12H11ClN4O/c15-9-1-3-11(4-2-9)19-14(20)12-13(17-8-7-16-12)18-10-5-6-10;1-2-7-17-13-12(16-8-9-18-13)14(20)19-11-5-3-10(15)4-6-11;15-12-3-5-13(6-4-12)18(10-11-1-2-11)14-9-16-7-8-17-14;1-14-11-10(15-6-7-16-11)12(18)17-9-4-2-8(13)3-5-9/h1-4,7-8,10H,5-6H2,(H,17,18)(H,19,20);1,3-6,8-9H,7H2,(H,17,18)(H,19,20);3-9,11H,1-2,10H2;2-7H,1H3,(H,14,16)(H,17,18). The second-order valence-electron chi connectivity index (χ2n) is 16.5. The van der Waals surface area contributed by atoms with Gasteiger partial charge in [-0.3, -0.25) is 19.4 Å². The molecule has 0 bridgehead atoms. The predicted octanol–water partition coefficient (Wildman–Crippen LogP) is 11.5. The lowest BCUT2D eigenvalue weighted by Crippen LogP contribution is -2.21. The third-order valence-corrected chi connectivity index (χ3v) is 11.7. The quantitative estimate of drug-likeness (QED) is 0.0525. The molecule has 3 amide bonds. The van der Waals surface area contributed by atoms with Gasteiger partial charge in [0.05, 0.1) is 12.7 Å². The van der Waals surface area contributed by atoms with E-state index in [0.717, 1.165) is 41.8 Å².